The molecule has 0 atom stereocenters. The fourth-order valence-electron chi connectivity index (χ4n) is 3.43. The Kier molecular flexibility index (Phi) is 9.87. The maximum absolute atomic E-state index is 7.86. The molecule has 0 amide bonds. The summed E-state index contributed by atoms with van der Waals surface area (Å²) in [6.07, 6.45) is 8.28. The van der Waals surface area contributed by atoms with Crippen LogP contribution in [-0.4, -0.2) is 39.0 Å². The molecule has 0 heterocycles. The number of ether oxygens (including phenoxy) is 2. The van der Waals surface area contributed by atoms with Gasteiger partial charge in [-0.25, -0.2) is 10.8 Å². The predicted octanol–water partition coefficient (Wildman–Crippen LogP) is 5.14. The first-order valence-corrected chi connectivity index (χ1v) is 11.0. The van der Waals surface area contributed by atoms with Gasteiger partial charge in [0.15, 0.2) is 5.84 Å². The zero-order valence-electron chi connectivity index (χ0n) is 20.1. The summed E-state index contributed by atoms with van der Waals surface area (Å²) in [5.74, 6) is 7.38. The monoisotopic (exact) mass is 452 g/mol. The van der Waals surface area contributed by atoms with Gasteiger partial charge in [-0.15, -0.1) is 0 Å². The highest BCUT2D eigenvalue weighted by molar-refractivity contribution is 6.39. The van der Waals surface area contributed by atoms with Crippen molar-refractivity contribution in [3.8, 4) is 0 Å². The molecule has 0 unspecified atom stereocenters. The van der Waals surface area contributed by atoms with Crippen molar-refractivity contribution in [3.63, 3.8) is 0 Å². The number of benzene rings is 1. The second kappa shape index (κ2) is 12.6. The number of hydrazine groups is 1. The third-order valence-electron chi connectivity index (χ3n) is 5.77. The Morgan fingerprint density at radius 3 is 2.55 bits per heavy atom. The Morgan fingerprint density at radius 2 is 2.00 bits per heavy atom. The van der Waals surface area contributed by atoms with Crippen LogP contribution in [0, 0.1) is 11.3 Å². The second-order valence-electron chi connectivity index (χ2n) is 7.99. The van der Waals surface area contributed by atoms with E-state index in [1.807, 2.05) is 18.2 Å². The zero-order chi connectivity index (χ0) is 24.4. The van der Waals surface area contributed by atoms with E-state index in [9.17, 15) is 0 Å². The third-order valence-corrected chi connectivity index (χ3v) is 5.77. The van der Waals surface area contributed by atoms with Gasteiger partial charge in [-0.05, 0) is 57.5 Å². The lowest BCUT2D eigenvalue weighted by molar-refractivity contribution is 0.271. The number of anilines is 1. The number of allylic oxidation sites excluding steroid dienone is 3. The van der Waals surface area contributed by atoms with Crippen molar-refractivity contribution in [1.82, 2.24) is 5.43 Å². The molecule has 1 aromatic rings. The summed E-state index contributed by atoms with van der Waals surface area (Å²) in [7, 11) is 3.23. The van der Waals surface area contributed by atoms with Crippen LogP contribution in [0.25, 0.3) is 0 Å². The summed E-state index contributed by atoms with van der Waals surface area (Å²) in [5, 5.41) is 7.86. The van der Waals surface area contributed by atoms with Crippen LogP contribution in [0.2, 0.25) is 0 Å². The Morgan fingerprint density at radius 1 is 1.27 bits per heavy atom. The van der Waals surface area contributed by atoms with Gasteiger partial charge >= 0.3 is 0 Å². The fraction of sp³-hybridized carbons (Fsp3) is 0.400. The van der Waals surface area contributed by atoms with E-state index >= 15 is 0 Å². The number of rotatable bonds is 12. The maximum Gasteiger partial charge on any atom is 0.154 e. The summed E-state index contributed by atoms with van der Waals surface area (Å²) in [6, 6.07) is 5.91. The van der Waals surface area contributed by atoms with Crippen LogP contribution in [0.5, 0.6) is 0 Å². The van der Waals surface area contributed by atoms with Gasteiger partial charge < -0.3 is 19.8 Å². The lowest BCUT2D eigenvalue weighted by Crippen LogP contribution is -2.34. The molecule has 0 radical (unpaired) electrons. The van der Waals surface area contributed by atoms with Gasteiger partial charge in [-0.3, -0.25) is 10.4 Å². The molecule has 8 heteroatoms. The topological polar surface area (TPSA) is 108 Å². The number of nitrogens with one attached hydrogen (secondary N) is 2. The predicted molar refractivity (Wildman–Crippen MR) is 138 cm³/mol. The lowest BCUT2D eigenvalue weighted by Gasteiger charge is -2.34. The summed E-state index contributed by atoms with van der Waals surface area (Å²) in [5.41, 5.74) is 6.19. The van der Waals surface area contributed by atoms with Gasteiger partial charge in [0.2, 0.25) is 0 Å². The molecule has 1 aromatic carbocycles. The first-order chi connectivity index (χ1) is 15.8. The minimum absolute atomic E-state index is 0.0503. The van der Waals surface area contributed by atoms with Gasteiger partial charge in [-0.1, -0.05) is 19.1 Å². The van der Waals surface area contributed by atoms with Crippen LogP contribution in [-0.2, 0) is 9.47 Å². The second-order valence-corrected chi connectivity index (χ2v) is 7.99. The highest BCUT2D eigenvalue weighted by Gasteiger charge is 2.22. The van der Waals surface area contributed by atoms with E-state index in [4.69, 9.17) is 20.7 Å². The van der Waals surface area contributed by atoms with E-state index in [0.29, 0.717) is 35.2 Å². The molecule has 0 aromatic heterocycles. The average molecular weight is 453 g/mol. The van der Waals surface area contributed by atoms with Crippen molar-refractivity contribution in [2.45, 2.75) is 39.5 Å². The molecule has 0 bridgehead atoms. The van der Waals surface area contributed by atoms with Gasteiger partial charge in [0, 0.05) is 30.4 Å². The van der Waals surface area contributed by atoms with Crippen molar-refractivity contribution in [2.75, 3.05) is 25.7 Å². The van der Waals surface area contributed by atoms with E-state index in [-0.39, 0.29) is 5.84 Å². The Labute approximate surface area is 197 Å². The molecule has 1 saturated carbocycles. The minimum Gasteiger partial charge on any atom is -0.501 e. The molecule has 2 rings (SSSR count). The van der Waals surface area contributed by atoms with Gasteiger partial charge in [-0.2, -0.15) is 0 Å². The maximum atomic E-state index is 7.86. The number of methoxy groups -OCH3 is 2. The van der Waals surface area contributed by atoms with Crippen molar-refractivity contribution in [1.29, 1.82) is 5.41 Å². The van der Waals surface area contributed by atoms with Crippen molar-refractivity contribution >= 4 is 35.3 Å². The molecule has 1 aliphatic rings. The Bertz CT molecular complexity index is 960. The highest BCUT2D eigenvalue weighted by atomic mass is 16.5. The first-order valence-electron chi connectivity index (χ1n) is 11.0. The number of nitrogens with two attached hydrogens (primary N) is 1. The molecule has 33 heavy (non-hydrogen) atoms. The van der Waals surface area contributed by atoms with Crippen LogP contribution < -0.4 is 16.2 Å². The fourth-order valence-corrected chi connectivity index (χ4v) is 3.43. The van der Waals surface area contributed by atoms with Gasteiger partial charge in [0.05, 0.1) is 31.3 Å². The normalized spacial score (nSPS) is 14.9. The molecule has 0 saturated heterocycles. The van der Waals surface area contributed by atoms with Crippen LogP contribution in [0.3, 0.4) is 0 Å². The molecule has 1 aliphatic carbocycles. The van der Waals surface area contributed by atoms with E-state index in [0.717, 1.165) is 23.7 Å². The van der Waals surface area contributed by atoms with Crippen LogP contribution in [0.1, 0.15) is 39.5 Å². The third kappa shape index (κ3) is 7.32. The molecule has 178 valence electrons. The average Bonchev–Trinajstić information content (AvgIpc) is 2.79. The van der Waals surface area contributed by atoms with Gasteiger partial charge in [0.25, 0.3) is 0 Å². The number of hydrogen-bond acceptors (Lipinski definition) is 7. The van der Waals surface area contributed by atoms with Crippen molar-refractivity contribution in [2.24, 2.45) is 21.7 Å². The van der Waals surface area contributed by atoms with Crippen LogP contribution in [0.4, 0.5) is 17.1 Å². The van der Waals surface area contributed by atoms with Gasteiger partial charge in [0.1, 0.15) is 11.5 Å². The summed E-state index contributed by atoms with van der Waals surface area (Å²) < 4.78 is 10.6. The highest BCUT2D eigenvalue weighted by Crippen LogP contribution is 2.36. The number of hydrogen-bond donors (Lipinski definition) is 3. The molecule has 1 fully saturated rings. The zero-order valence-corrected chi connectivity index (χ0v) is 20.1. The van der Waals surface area contributed by atoms with Crippen molar-refractivity contribution in [3.05, 3.63) is 54.1 Å². The van der Waals surface area contributed by atoms with E-state index in [1.165, 1.54) is 19.3 Å². The minimum atomic E-state index is 0.0503. The largest absolute Gasteiger partial charge is 0.501 e. The smallest absolute Gasteiger partial charge is 0.154 e. The number of amidine groups is 1. The molecule has 0 spiro atoms. The molecule has 0 aliphatic heterocycles. The Hall–Kier alpha value is -3.39. The lowest BCUT2D eigenvalue weighted by atomic mass is 9.85. The van der Waals surface area contributed by atoms with E-state index in [2.05, 4.69) is 46.6 Å². The standard InChI is InChI=1S/C25H36N6O2/c1-17(10-12-22(33-6)14-18(2)32-5)31(16-20-8-7-9-20)21-11-13-23(28-4)24(15-21)29-19(3)25(26)30-27/h10-11,13-15,20H,2,4,7-9,12,16,27H2,1,3,5-6H3,(H2,26,30)/b17-10+,22-14+,29-19+. The van der Waals surface area contributed by atoms with E-state index < -0.39 is 0 Å². The Balaban J connectivity index is 2.41. The SMILES string of the molecule is C=Nc1ccc(N(CC2CCC2)/C(C)=C/C/C(=C\C(=C)OC)OC)cc1/N=C(\C)C(=N)NN. The summed E-state index contributed by atoms with van der Waals surface area (Å²) >= 11 is 0. The quantitative estimate of drug-likeness (QED) is 0.102. The summed E-state index contributed by atoms with van der Waals surface area (Å²) in [4.78, 5) is 11.0. The summed E-state index contributed by atoms with van der Waals surface area (Å²) in [6.45, 7) is 12.2. The van der Waals surface area contributed by atoms with Crippen molar-refractivity contribution < 1.29 is 9.47 Å². The van der Waals surface area contributed by atoms with Crippen LogP contribution >= 0.6 is 0 Å². The van der Waals surface area contributed by atoms with E-state index in [1.54, 1.807) is 27.2 Å². The molecule has 4 N–H and O–H groups in total. The molecular formula is C25H36N6O2. The molecular weight excluding hydrogens is 416 g/mol. The first kappa shape index (κ1) is 25.9. The van der Waals surface area contributed by atoms with Crippen LogP contribution in [0.15, 0.2) is 64.1 Å². The molecule has 8 nitrogen and oxygen atoms in total. The number of nitrogens with zero attached hydrogens (tertiary/aromatic N) is 3. The number of aliphatic imine (C=N–C) groups is 2.